The van der Waals surface area contributed by atoms with Crippen molar-refractivity contribution in [3.63, 3.8) is 0 Å². The molecular formula is C29H30O8. The Morgan fingerprint density at radius 2 is 1.27 bits per heavy atom. The van der Waals surface area contributed by atoms with E-state index in [1.807, 2.05) is 60.7 Å². The number of carbonyl (C=O) groups is 2. The van der Waals surface area contributed by atoms with Gasteiger partial charge in [0.2, 0.25) is 0 Å². The van der Waals surface area contributed by atoms with Crippen LogP contribution >= 0.6 is 0 Å². The third kappa shape index (κ3) is 7.47. The van der Waals surface area contributed by atoms with Crippen LogP contribution in [0, 0.1) is 0 Å². The number of benzene rings is 3. The van der Waals surface area contributed by atoms with Crippen LogP contribution in [0.1, 0.15) is 28.4 Å². The van der Waals surface area contributed by atoms with Crippen molar-refractivity contribution in [1.29, 1.82) is 0 Å². The average molecular weight is 507 g/mol. The first-order valence-corrected chi connectivity index (χ1v) is 12.0. The molecular weight excluding hydrogens is 476 g/mol. The zero-order valence-corrected chi connectivity index (χ0v) is 20.5. The monoisotopic (exact) mass is 506 g/mol. The predicted molar refractivity (Wildman–Crippen MR) is 133 cm³/mol. The molecule has 1 heterocycles. The lowest BCUT2D eigenvalue weighted by atomic mass is 9.98. The molecule has 8 nitrogen and oxygen atoms in total. The van der Waals surface area contributed by atoms with Crippen molar-refractivity contribution in [2.45, 2.75) is 50.8 Å². The molecule has 1 saturated heterocycles. The van der Waals surface area contributed by atoms with E-state index >= 15 is 0 Å². The van der Waals surface area contributed by atoms with Gasteiger partial charge in [-0.3, -0.25) is 4.79 Å². The SMILES string of the molecule is CC(=O)O[C@@H]1[C@@H](OCc2ccccc2)[C@H](O)O[C@H](COC(=O)c2ccccc2)[C@H]1OCc1ccccc1. The van der Waals surface area contributed by atoms with Gasteiger partial charge in [-0.2, -0.15) is 0 Å². The minimum absolute atomic E-state index is 0.156. The summed E-state index contributed by atoms with van der Waals surface area (Å²) in [5.74, 6) is -1.12. The van der Waals surface area contributed by atoms with E-state index in [1.54, 1.807) is 30.3 Å². The number of ether oxygens (including phenoxy) is 5. The van der Waals surface area contributed by atoms with Crippen molar-refractivity contribution >= 4 is 11.9 Å². The maximum Gasteiger partial charge on any atom is 0.338 e. The number of aliphatic hydroxyl groups excluding tert-OH is 1. The second-order valence-corrected chi connectivity index (χ2v) is 8.63. The van der Waals surface area contributed by atoms with Crippen LogP contribution in [0.2, 0.25) is 0 Å². The fourth-order valence-corrected chi connectivity index (χ4v) is 4.08. The van der Waals surface area contributed by atoms with Crippen LogP contribution in [0.25, 0.3) is 0 Å². The molecule has 4 rings (SSSR count). The zero-order valence-electron chi connectivity index (χ0n) is 20.5. The quantitative estimate of drug-likeness (QED) is 0.416. The van der Waals surface area contributed by atoms with Crippen LogP contribution < -0.4 is 0 Å². The number of aliphatic hydroxyl groups is 1. The van der Waals surface area contributed by atoms with Crippen molar-refractivity contribution in [2.24, 2.45) is 0 Å². The summed E-state index contributed by atoms with van der Waals surface area (Å²) in [7, 11) is 0. The van der Waals surface area contributed by atoms with Gasteiger partial charge >= 0.3 is 11.9 Å². The summed E-state index contributed by atoms with van der Waals surface area (Å²) >= 11 is 0. The summed E-state index contributed by atoms with van der Waals surface area (Å²) in [4.78, 5) is 24.6. The van der Waals surface area contributed by atoms with E-state index in [0.717, 1.165) is 11.1 Å². The van der Waals surface area contributed by atoms with Crippen molar-refractivity contribution < 1.29 is 38.4 Å². The molecule has 0 bridgehead atoms. The van der Waals surface area contributed by atoms with E-state index in [9.17, 15) is 14.7 Å². The first-order chi connectivity index (χ1) is 18.0. The van der Waals surface area contributed by atoms with Crippen molar-refractivity contribution in [2.75, 3.05) is 6.61 Å². The minimum Gasteiger partial charge on any atom is -0.459 e. The van der Waals surface area contributed by atoms with E-state index < -0.39 is 42.6 Å². The fourth-order valence-electron chi connectivity index (χ4n) is 4.08. The summed E-state index contributed by atoms with van der Waals surface area (Å²) in [6, 6.07) is 27.4. The van der Waals surface area contributed by atoms with Gasteiger partial charge in [0.1, 0.15) is 24.9 Å². The first kappa shape index (κ1) is 26.5. The number of hydrogen-bond donors (Lipinski definition) is 1. The van der Waals surface area contributed by atoms with Crippen LogP contribution in [0.4, 0.5) is 0 Å². The lowest BCUT2D eigenvalue weighted by Crippen LogP contribution is -2.61. The molecule has 3 aromatic carbocycles. The van der Waals surface area contributed by atoms with Crippen LogP contribution in [-0.4, -0.2) is 54.4 Å². The van der Waals surface area contributed by atoms with Gasteiger partial charge in [0.15, 0.2) is 12.4 Å². The van der Waals surface area contributed by atoms with Gasteiger partial charge in [-0.15, -0.1) is 0 Å². The second-order valence-electron chi connectivity index (χ2n) is 8.63. The van der Waals surface area contributed by atoms with Gasteiger partial charge in [0.05, 0.1) is 18.8 Å². The van der Waals surface area contributed by atoms with Crippen LogP contribution in [0.15, 0.2) is 91.0 Å². The molecule has 194 valence electrons. The molecule has 0 saturated carbocycles. The van der Waals surface area contributed by atoms with Crippen molar-refractivity contribution in [1.82, 2.24) is 0 Å². The van der Waals surface area contributed by atoms with Gasteiger partial charge in [0.25, 0.3) is 0 Å². The highest BCUT2D eigenvalue weighted by Gasteiger charge is 2.49. The van der Waals surface area contributed by atoms with Crippen LogP contribution in [0.5, 0.6) is 0 Å². The summed E-state index contributed by atoms with van der Waals surface area (Å²) in [6.07, 6.45) is -5.32. The van der Waals surface area contributed by atoms with E-state index in [0.29, 0.717) is 5.56 Å². The second kappa shape index (κ2) is 13.1. The molecule has 0 radical (unpaired) electrons. The molecule has 5 atom stereocenters. The molecule has 0 spiro atoms. The smallest absolute Gasteiger partial charge is 0.338 e. The highest BCUT2D eigenvalue weighted by molar-refractivity contribution is 5.89. The van der Waals surface area contributed by atoms with Gasteiger partial charge in [0, 0.05) is 6.92 Å². The summed E-state index contributed by atoms with van der Waals surface area (Å²) in [6.45, 7) is 1.38. The number of esters is 2. The third-order valence-electron chi connectivity index (χ3n) is 5.87. The third-order valence-corrected chi connectivity index (χ3v) is 5.87. The van der Waals surface area contributed by atoms with Gasteiger partial charge in [-0.25, -0.2) is 4.79 Å². The Bertz CT molecular complexity index is 1120. The Balaban J connectivity index is 1.54. The summed E-state index contributed by atoms with van der Waals surface area (Å²) in [5, 5.41) is 10.9. The van der Waals surface area contributed by atoms with Crippen LogP contribution in [-0.2, 0) is 41.7 Å². The van der Waals surface area contributed by atoms with E-state index in [-0.39, 0.29) is 19.8 Å². The maximum atomic E-state index is 12.5. The molecule has 1 N–H and O–H groups in total. The maximum absolute atomic E-state index is 12.5. The molecule has 8 heteroatoms. The molecule has 0 unspecified atom stereocenters. The minimum atomic E-state index is -1.45. The van der Waals surface area contributed by atoms with E-state index in [2.05, 4.69) is 0 Å². The van der Waals surface area contributed by atoms with Crippen molar-refractivity contribution in [3.05, 3.63) is 108 Å². The summed E-state index contributed by atoms with van der Waals surface area (Å²) in [5.41, 5.74) is 2.13. The predicted octanol–water partition coefficient (Wildman–Crippen LogP) is 3.66. The number of rotatable bonds is 10. The lowest BCUT2D eigenvalue weighted by molar-refractivity contribution is -0.308. The molecule has 1 fully saturated rings. The zero-order chi connectivity index (χ0) is 26.0. The van der Waals surface area contributed by atoms with E-state index in [4.69, 9.17) is 23.7 Å². The number of carbonyl (C=O) groups excluding carboxylic acids is 2. The normalized spacial score (nSPS) is 23.2. The molecule has 0 aliphatic carbocycles. The van der Waals surface area contributed by atoms with Gasteiger partial charge in [-0.05, 0) is 23.3 Å². The topological polar surface area (TPSA) is 101 Å². The molecule has 37 heavy (non-hydrogen) atoms. The highest BCUT2D eigenvalue weighted by Crippen LogP contribution is 2.29. The molecule has 1 aliphatic rings. The Hall–Kier alpha value is -3.56. The lowest BCUT2D eigenvalue weighted by Gasteiger charge is -2.43. The highest BCUT2D eigenvalue weighted by atomic mass is 16.7. The number of hydrogen-bond acceptors (Lipinski definition) is 8. The standard InChI is InChI=1S/C29H30O8/c1-20(30)36-26-25(33-17-21-11-5-2-6-12-21)24(19-35-28(31)23-15-9-4-10-16-23)37-29(32)27(26)34-18-22-13-7-3-8-14-22/h2-16,24-27,29,32H,17-19H2,1H3/t24-,25-,26+,27-,29-/m1/s1. The van der Waals surface area contributed by atoms with Gasteiger partial charge < -0.3 is 28.8 Å². The molecule has 3 aromatic rings. The molecule has 0 amide bonds. The molecule has 0 aromatic heterocycles. The Labute approximate surface area is 215 Å². The van der Waals surface area contributed by atoms with E-state index in [1.165, 1.54) is 6.92 Å². The largest absolute Gasteiger partial charge is 0.459 e. The average Bonchev–Trinajstić information content (AvgIpc) is 2.92. The van der Waals surface area contributed by atoms with Gasteiger partial charge in [-0.1, -0.05) is 78.9 Å². The molecule has 1 aliphatic heterocycles. The van der Waals surface area contributed by atoms with Crippen LogP contribution in [0.3, 0.4) is 0 Å². The fraction of sp³-hybridized carbons (Fsp3) is 0.310. The summed E-state index contributed by atoms with van der Waals surface area (Å²) < 4.78 is 29.1. The Kier molecular flexibility index (Phi) is 9.40. The Morgan fingerprint density at radius 1 is 0.757 bits per heavy atom. The van der Waals surface area contributed by atoms with Crippen molar-refractivity contribution in [3.8, 4) is 0 Å². The first-order valence-electron chi connectivity index (χ1n) is 12.0. The Morgan fingerprint density at radius 3 is 1.81 bits per heavy atom.